The van der Waals surface area contributed by atoms with E-state index in [0.717, 1.165) is 12.1 Å². The van der Waals surface area contributed by atoms with Gasteiger partial charge in [0.2, 0.25) is 0 Å². The number of rotatable bonds is 7. The van der Waals surface area contributed by atoms with Crippen LogP contribution in [0.3, 0.4) is 0 Å². The molecule has 0 aromatic heterocycles. The van der Waals surface area contributed by atoms with Gasteiger partial charge in [0.1, 0.15) is 17.5 Å². The van der Waals surface area contributed by atoms with Crippen LogP contribution in [0.1, 0.15) is 12.0 Å². The van der Waals surface area contributed by atoms with Crippen LogP contribution >= 0.6 is 24.0 Å². The van der Waals surface area contributed by atoms with Gasteiger partial charge in [-0.15, -0.1) is 0 Å². The Balaban J connectivity index is 1.88. The van der Waals surface area contributed by atoms with Crippen LogP contribution in [-0.4, -0.2) is 54.9 Å². The molecule has 1 aromatic rings. The number of amides is 1. The molecular weight excluding hydrogens is 344 g/mol. The monoisotopic (exact) mass is 365 g/mol. The summed E-state index contributed by atoms with van der Waals surface area (Å²) >= 11 is 6.52. The van der Waals surface area contributed by atoms with Crippen molar-refractivity contribution in [3.05, 3.63) is 40.8 Å². The number of nitrogens with zero attached hydrogens (tertiary/aromatic N) is 1. The van der Waals surface area contributed by atoms with Crippen LogP contribution in [0.4, 0.5) is 0 Å². The van der Waals surface area contributed by atoms with Crippen LogP contribution in [0.15, 0.2) is 35.2 Å². The molecule has 1 aromatic carbocycles. The Morgan fingerprint density at radius 3 is 2.71 bits per heavy atom. The number of likely N-dealkylation sites (N-methyl/N-ethyl adjacent to an activating group) is 1. The second-order valence-corrected chi connectivity index (χ2v) is 7.35. The Hall–Kier alpha value is -1.70. The summed E-state index contributed by atoms with van der Waals surface area (Å²) in [4.78, 5) is 27.4. The van der Waals surface area contributed by atoms with Crippen molar-refractivity contribution in [3.63, 3.8) is 0 Å². The lowest BCUT2D eigenvalue weighted by molar-refractivity contribution is -0.858. The zero-order valence-corrected chi connectivity index (χ0v) is 15.4. The van der Waals surface area contributed by atoms with Gasteiger partial charge < -0.3 is 9.64 Å². The zero-order chi connectivity index (χ0) is 17.5. The Kier molecular flexibility index (Phi) is 6.96. The number of thioether (sulfide) groups is 1. The number of benzene rings is 1. The lowest BCUT2D eigenvalue weighted by Gasteiger charge is -2.14. The number of nitrogens with one attached hydrogen (secondary N) is 1. The molecule has 0 radical (unpaired) electrons. The summed E-state index contributed by atoms with van der Waals surface area (Å²) in [7, 11) is 3.99. The Bertz CT molecular complexity index is 644. The maximum absolute atomic E-state index is 12.4. The average Bonchev–Trinajstić information content (AvgIpc) is 2.80. The topological polar surface area (TPSA) is 51.1 Å². The maximum atomic E-state index is 12.4. The number of esters is 1. The third-order valence-corrected chi connectivity index (χ3v) is 4.75. The van der Waals surface area contributed by atoms with Crippen molar-refractivity contribution in [2.45, 2.75) is 6.42 Å². The molecule has 0 atom stereocenters. The number of ether oxygens (including phenoxy) is 1. The highest BCUT2D eigenvalue weighted by atomic mass is 32.2. The van der Waals surface area contributed by atoms with E-state index in [1.54, 1.807) is 0 Å². The molecule has 1 aliphatic heterocycles. The molecule has 0 spiro atoms. The van der Waals surface area contributed by atoms with Crippen LogP contribution in [0.5, 0.6) is 0 Å². The van der Waals surface area contributed by atoms with Gasteiger partial charge >= 0.3 is 5.97 Å². The van der Waals surface area contributed by atoms with Gasteiger partial charge in [0, 0.05) is 6.54 Å². The second-order valence-electron chi connectivity index (χ2n) is 5.67. The highest BCUT2D eigenvalue weighted by molar-refractivity contribution is 8.26. The van der Waals surface area contributed by atoms with E-state index in [0.29, 0.717) is 15.8 Å². The fourth-order valence-corrected chi connectivity index (χ4v) is 3.35. The van der Waals surface area contributed by atoms with Crippen LogP contribution in [0.2, 0.25) is 0 Å². The fourth-order valence-electron chi connectivity index (χ4n) is 2.04. The van der Waals surface area contributed by atoms with Crippen LogP contribution in [0, 0.1) is 0 Å². The minimum Gasteiger partial charge on any atom is -0.460 e. The van der Waals surface area contributed by atoms with Gasteiger partial charge in [0.15, 0.2) is 0 Å². The first-order valence-corrected chi connectivity index (χ1v) is 8.95. The van der Waals surface area contributed by atoms with E-state index in [9.17, 15) is 9.59 Å². The number of carbonyl (C=O) groups is 2. The molecule has 1 amide bonds. The molecule has 1 heterocycles. The third-order valence-electron chi connectivity index (χ3n) is 3.38. The van der Waals surface area contributed by atoms with Crippen molar-refractivity contribution in [2.75, 3.05) is 33.8 Å². The third kappa shape index (κ3) is 5.43. The van der Waals surface area contributed by atoms with E-state index in [2.05, 4.69) is 0 Å². The molecule has 7 heteroatoms. The van der Waals surface area contributed by atoms with Gasteiger partial charge in [-0.3, -0.25) is 14.5 Å². The van der Waals surface area contributed by atoms with E-state index in [1.807, 2.05) is 50.5 Å². The SMILES string of the molecule is C[NH+](C)CCOC(=O)CCN1C(=O)/C(=C/c2ccccc2)SC1=S. The predicted molar refractivity (Wildman–Crippen MR) is 99.6 cm³/mol. The standard InChI is InChI=1S/C17H20N2O3S2/c1-18(2)10-11-22-15(20)8-9-19-16(21)14(24-17(19)23)12-13-6-4-3-5-7-13/h3-7,12H,8-11H2,1-2H3/p+1/b14-12-. The number of hydrogen-bond acceptors (Lipinski definition) is 5. The first kappa shape index (κ1) is 18.6. The number of thiocarbonyl (C=S) groups is 1. The van der Waals surface area contributed by atoms with E-state index in [1.165, 1.54) is 21.6 Å². The Morgan fingerprint density at radius 2 is 2.04 bits per heavy atom. The van der Waals surface area contributed by atoms with Crippen molar-refractivity contribution < 1.29 is 19.2 Å². The van der Waals surface area contributed by atoms with Crippen molar-refractivity contribution >= 4 is 46.3 Å². The number of hydrogen-bond donors (Lipinski definition) is 1. The molecule has 0 unspecified atom stereocenters. The molecule has 2 rings (SSSR count). The van der Waals surface area contributed by atoms with E-state index < -0.39 is 0 Å². The first-order valence-electron chi connectivity index (χ1n) is 7.72. The molecule has 0 bridgehead atoms. The summed E-state index contributed by atoms with van der Waals surface area (Å²) in [5, 5.41) is 0. The second kappa shape index (κ2) is 8.96. The quantitative estimate of drug-likeness (QED) is 0.443. The molecule has 0 aliphatic carbocycles. The molecule has 1 fully saturated rings. The smallest absolute Gasteiger partial charge is 0.307 e. The summed E-state index contributed by atoms with van der Waals surface area (Å²) in [6.07, 6.45) is 1.96. The minimum atomic E-state index is -0.308. The molecule has 1 N–H and O–H groups in total. The summed E-state index contributed by atoms with van der Waals surface area (Å²) in [5.74, 6) is -0.461. The van der Waals surface area contributed by atoms with Gasteiger partial charge in [0.05, 0.1) is 25.4 Å². The predicted octanol–water partition coefficient (Wildman–Crippen LogP) is 0.966. The Labute approximate surface area is 151 Å². The van der Waals surface area contributed by atoms with Gasteiger partial charge in [-0.2, -0.15) is 0 Å². The van der Waals surface area contributed by atoms with Gasteiger partial charge in [-0.25, -0.2) is 0 Å². The van der Waals surface area contributed by atoms with Crippen molar-refractivity contribution in [3.8, 4) is 0 Å². The largest absolute Gasteiger partial charge is 0.460 e. The van der Waals surface area contributed by atoms with Gasteiger partial charge in [0.25, 0.3) is 5.91 Å². The average molecular weight is 366 g/mol. The molecule has 5 nitrogen and oxygen atoms in total. The molecule has 0 saturated carbocycles. The molecular formula is C17H21N2O3S2+. The maximum Gasteiger partial charge on any atom is 0.307 e. The Morgan fingerprint density at radius 1 is 1.33 bits per heavy atom. The van der Waals surface area contributed by atoms with E-state index >= 15 is 0 Å². The summed E-state index contributed by atoms with van der Waals surface area (Å²) < 4.78 is 5.62. The first-order chi connectivity index (χ1) is 11.5. The van der Waals surface area contributed by atoms with Gasteiger partial charge in [-0.05, 0) is 11.6 Å². The van der Waals surface area contributed by atoms with Gasteiger partial charge in [-0.1, -0.05) is 54.3 Å². The lowest BCUT2D eigenvalue weighted by atomic mass is 10.2. The normalized spacial score (nSPS) is 16.3. The number of carbonyl (C=O) groups excluding carboxylic acids is 2. The summed E-state index contributed by atoms with van der Waals surface area (Å²) in [6.45, 7) is 1.39. The van der Waals surface area contributed by atoms with E-state index in [4.69, 9.17) is 17.0 Å². The summed E-state index contributed by atoms with van der Waals surface area (Å²) in [6, 6.07) is 9.61. The molecule has 24 heavy (non-hydrogen) atoms. The van der Waals surface area contributed by atoms with Crippen LogP contribution in [-0.2, 0) is 14.3 Å². The fraction of sp³-hybridized carbons (Fsp3) is 0.353. The van der Waals surface area contributed by atoms with Crippen LogP contribution in [0.25, 0.3) is 6.08 Å². The molecule has 1 saturated heterocycles. The molecule has 1 aliphatic rings. The highest BCUT2D eigenvalue weighted by Crippen LogP contribution is 2.32. The van der Waals surface area contributed by atoms with E-state index in [-0.39, 0.29) is 24.8 Å². The minimum absolute atomic E-state index is 0.147. The van der Waals surface area contributed by atoms with Crippen molar-refractivity contribution in [1.82, 2.24) is 4.90 Å². The summed E-state index contributed by atoms with van der Waals surface area (Å²) in [5.41, 5.74) is 0.948. The van der Waals surface area contributed by atoms with Crippen molar-refractivity contribution in [1.29, 1.82) is 0 Å². The highest BCUT2D eigenvalue weighted by Gasteiger charge is 2.32. The zero-order valence-electron chi connectivity index (χ0n) is 13.8. The van der Waals surface area contributed by atoms with Crippen molar-refractivity contribution in [2.24, 2.45) is 0 Å². The number of quaternary nitrogens is 1. The van der Waals surface area contributed by atoms with Crippen LogP contribution < -0.4 is 4.90 Å². The lowest BCUT2D eigenvalue weighted by Crippen LogP contribution is -3.06. The molecule has 128 valence electrons.